The number of nitrogens with one attached hydrogen (secondary N) is 1. The van der Waals surface area contributed by atoms with E-state index in [-0.39, 0.29) is 31.4 Å². The van der Waals surface area contributed by atoms with E-state index in [4.69, 9.17) is 10.5 Å². The molecule has 0 unspecified atom stereocenters. The average Bonchev–Trinajstić information content (AvgIpc) is 2.44. The number of anilines is 1. The van der Waals surface area contributed by atoms with Gasteiger partial charge in [-0.3, -0.25) is 9.59 Å². The average molecular weight is 279 g/mol. The van der Waals surface area contributed by atoms with Crippen LogP contribution in [0.2, 0.25) is 0 Å². The molecule has 0 atom stereocenters. The second kappa shape index (κ2) is 8.04. The molecule has 1 aromatic rings. The van der Waals surface area contributed by atoms with Crippen LogP contribution in [0.15, 0.2) is 24.3 Å². The first-order chi connectivity index (χ1) is 9.52. The molecule has 0 aromatic heterocycles. The Morgan fingerprint density at radius 3 is 2.80 bits per heavy atom. The summed E-state index contributed by atoms with van der Waals surface area (Å²) in [4.78, 5) is 24.6. The summed E-state index contributed by atoms with van der Waals surface area (Å²) in [5, 5.41) is 2.56. The molecule has 110 valence electrons. The lowest BCUT2D eigenvalue weighted by molar-refractivity contribution is -0.131. The molecule has 6 heteroatoms. The molecule has 1 aromatic carbocycles. The van der Waals surface area contributed by atoms with Crippen molar-refractivity contribution in [3.8, 4) is 5.75 Å². The second-order valence-electron chi connectivity index (χ2n) is 4.36. The van der Waals surface area contributed by atoms with Gasteiger partial charge in [-0.25, -0.2) is 0 Å². The van der Waals surface area contributed by atoms with Crippen LogP contribution < -0.4 is 15.8 Å². The van der Waals surface area contributed by atoms with Gasteiger partial charge in [-0.05, 0) is 19.1 Å². The zero-order valence-corrected chi connectivity index (χ0v) is 11.9. The molecule has 0 saturated heterocycles. The molecule has 2 amide bonds. The Kier molecular flexibility index (Phi) is 6.36. The molecular weight excluding hydrogens is 258 g/mol. The molecule has 3 N–H and O–H groups in total. The van der Waals surface area contributed by atoms with Crippen molar-refractivity contribution in [3.05, 3.63) is 24.3 Å². The maximum absolute atomic E-state index is 11.5. The first kappa shape index (κ1) is 15.8. The van der Waals surface area contributed by atoms with Crippen molar-refractivity contribution in [2.24, 2.45) is 0 Å². The first-order valence-electron chi connectivity index (χ1n) is 6.52. The highest BCUT2D eigenvalue weighted by Crippen LogP contribution is 2.14. The summed E-state index contributed by atoms with van der Waals surface area (Å²) >= 11 is 0. The highest BCUT2D eigenvalue weighted by Gasteiger charge is 2.08. The zero-order valence-electron chi connectivity index (χ0n) is 11.9. The fourth-order valence-corrected chi connectivity index (χ4v) is 1.44. The number of nitrogens with two attached hydrogens (primary N) is 1. The van der Waals surface area contributed by atoms with Crippen LogP contribution in [0.25, 0.3) is 0 Å². The number of likely N-dealkylation sites (N-methyl/N-ethyl adjacent to an activating group) is 1. The summed E-state index contributed by atoms with van der Waals surface area (Å²) < 4.78 is 5.40. The summed E-state index contributed by atoms with van der Waals surface area (Å²) in [6.45, 7) is 2.75. The normalized spacial score (nSPS) is 9.90. The van der Waals surface area contributed by atoms with E-state index in [1.165, 1.54) is 0 Å². The van der Waals surface area contributed by atoms with Gasteiger partial charge in [-0.2, -0.15) is 0 Å². The highest BCUT2D eigenvalue weighted by atomic mass is 16.5. The number of carbonyl (C=O) groups is 2. The first-order valence-corrected chi connectivity index (χ1v) is 6.52. The topological polar surface area (TPSA) is 84.7 Å². The van der Waals surface area contributed by atoms with Crippen LogP contribution in [0.4, 0.5) is 5.69 Å². The van der Waals surface area contributed by atoms with E-state index >= 15 is 0 Å². The minimum absolute atomic E-state index is 0.0153. The number of hydrogen-bond acceptors (Lipinski definition) is 4. The van der Waals surface area contributed by atoms with Crippen LogP contribution in [0, 0.1) is 0 Å². The Morgan fingerprint density at radius 1 is 1.40 bits per heavy atom. The van der Waals surface area contributed by atoms with Crippen LogP contribution in [-0.2, 0) is 9.59 Å². The lowest BCUT2D eigenvalue weighted by Gasteiger charge is -2.14. The Labute approximate surface area is 118 Å². The smallest absolute Gasteiger partial charge is 0.241 e. The van der Waals surface area contributed by atoms with E-state index < -0.39 is 0 Å². The Morgan fingerprint density at radius 2 is 2.15 bits per heavy atom. The van der Waals surface area contributed by atoms with E-state index in [0.29, 0.717) is 18.0 Å². The number of ether oxygens (including phenoxy) is 1. The van der Waals surface area contributed by atoms with Crippen molar-refractivity contribution in [1.29, 1.82) is 0 Å². The van der Waals surface area contributed by atoms with Crippen LogP contribution >= 0.6 is 0 Å². The van der Waals surface area contributed by atoms with Crippen molar-refractivity contribution in [2.75, 3.05) is 32.5 Å². The van der Waals surface area contributed by atoms with Crippen molar-refractivity contribution in [1.82, 2.24) is 10.2 Å². The fourth-order valence-electron chi connectivity index (χ4n) is 1.44. The SMILES string of the molecule is CCN(C)C(=O)CNC(=O)CCOc1cccc(N)c1. The third-order valence-electron chi connectivity index (χ3n) is 2.79. The van der Waals surface area contributed by atoms with Crippen molar-refractivity contribution in [2.45, 2.75) is 13.3 Å². The quantitative estimate of drug-likeness (QED) is 0.717. The number of hydrogen-bond donors (Lipinski definition) is 2. The molecule has 20 heavy (non-hydrogen) atoms. The monoisotopic (exact) mass is 279 g/mol. The summed E-state index contributed by atoms with van der Waals surface area (Å²) in [7, 11) is 1.69. The summed E-state index contributed by atoms with van der Waals surface area (Å²) in [5.41, 5.74) is 6.22. The summed E-state index contributed by atoms with van der Waals surface area (Å²) in [6.07, 6.45) is 0.192. The highest BCUT2D eigenvalue weighted by molar-refractivity contribution is 5.84. The lowest BCUT2D eigenvalue weighted by Crippen LogP contribution is -2.38. The molecule has 0 radical (unpaired) electrons. The molecule has 6 nitrogen and oxygen atoms in total. The van der Waals surface area contributed by atoms with Gasteiger partial charge < -0.3 is 20.7 Å². The lowest BCUT2D eigenvalue weighted by atomic mass is 10.3. The van der Waals surface area contributed by atoms with Gasteiger partial charge in [-0.1, -0.05) is 6.07 Å². The van der Waals surface area contributed by atoms with Crippen molar-refractivity contribution in [3.63, 3.8) is 0 Å². The molecule has 0 saturated carbocycles. The number of rotatable bonds is 7. The number of benzene rings is 1. The van der Waals surface area contributed by atoms with Gasteiger partial charge in [0.2, 0.25) is 11.8 Å². The standard InChI is InChI=1S/C14H21N3O3/c1-3-17(2)14(19)10-16-13(18)7-8-20-12-6-4-5-11(15)9-12/h4-6,9H,3,7-8,10,15H2,1-2H3,(H,16,18). The van der Waals surface area contributed by atoms with Gasteiger partial charge in [0, 0.05) is 25.3 Å². The number of nitrogen functional groups attached to an aromatic ring is 1. The van der Waals surface area contributed by atoms with Crippen molar-refractivity contribution < 1.29 is 14.3 Å². The molecule has 0 bridgehead atoms. The van der Waals surface area contributed by atoms with E-state index in [2.05, 4.69) is 5.32 Å². The number of carbonyl (C=O) groups excluding carboxylic acids is 2. The van der Waals surface area contributed by atoms with Gasteiger partial charge in [0.05, 0.1) is 19.6 Å². The van der Waals surface area contributed by atoms with Crippen LogP contribution in [0.1, 0.15) is 13.3 Å². The van der Waals surface area contributed by atoms with E-state index in [1.807, 2.05) is 6.92 Å². The van der Waals surface area contributed by atoms with Crippen LogP contribution in [0.3, 0.4) is 0 Å². The molecule has 0 aliphatic heterocycles. The predicted octanol–water partition coefficient (Wildman–Crippen LogP) is 0.632. The van der Waals surface area contributed by atoms with Crippen molar-refractivity contribution >= 4 is 17.5 Å². The number of amides is 2. The predicted molar refractivity (Wildman–Crippen MR) is 77.3 cm³/mol. The van der Waals surface area contributed by atoms with Gasteiger partial charge in [0.15, 0.2) is 0 Å². The molecule has 0 heterocycles. The molecule has 0 fully saturated rings. The largest absolute Gasteiger partial charge is 0.493 e. The molecule has 0 aliphatic rings. The zero-order chi connectivity index (χ0) is 15.0. The molecule has 1 rings (SSSR count). The maximum Gasteiger partial charge on any atom is 0.241 e. The molecule has 0 aliphatic carbocycles. The third-order valence-corrected chi connectivity index (χ3v) is 2.79. The Bertz CT molecular complexity index is 463. The van der Waals surface area contributed by atoms with E-state index in [0.717, 1.165) is 0 Å². The summed E-state index contributed by atoms with van der Waals surface area (Å²) in [5.74, 6) is 0.295. The van der Waals surface area contributed by atoms with Gasteiger partial charge in [0.1, 0.15) is 5.75 Å². The van der Waals surface area contributed by atoms with Gasteiger partial charge in [0.25, 0.3) is 0 Å². The molecule has 0 spiro atoms. The minimum Gasteiger partial charge on any atom is -0.493 e. The second-order valence-corrected chi connectivity index (χ2v) is 4.36. The molecular formula is C14H21N3O3. The summed E-state index contributed by atoms with van der Waals surface area (Å²) in [6, 6.07) is 7.00. The van der Waals surface area contributed by atoms with Crippen LogP contribution in [0.5, 0.6) is 5.75 Å². The van der Waals surface area contributed by atoms with Crippen LogP contribution in [-0.4, -0.2) is 43.5 Å². The fraction of sp³-hybridized carbons (Fsp3) is 0.429. The van der Waals surface area contributed by atoms with Gasteiger partial charge in [-0.15, -0.1) is 0 Å². The number of nitrogens with zero attached hydrogens (tertiary/aromatic N) is 1. The Balaban J connectivity index is 2.22. The van der Waals surface area contributed by atoms with E-state index in [1.54, 1.807) is 36.2 Å². The van der Waals surface area contributed by atoms with Gasteiger partial charge >= 0.3 is 0 Å². The third kappa shape index (κ3) is 5.60. The Hall–Kier alpha value is -2.24. The minimum atomic E-state index is -0.216. The maximum atomic E-state index is 11.5. The van der Waals surface area contributed by atoms with E-state index in [9.17, 15) is 9.59 Å².